The van der Waals surface area contributed by atoms with E-state index in [-0.39, 0.29) is 5.97 Å². The van der Waals surface area contributed by atoms with Crippen molar-refractivity contribution < 1.29 is 9.53 Å². The summed E-state index contributed by atoms with van der Waals surface area (Å²) < 4.78 is 7.62. The largest absolute Gasteiger partial charge is 0.461 e. The minimum absolute atomic E-state index is 0.351. The van der Waals surface area contributed by atoms with E-state index in [4.69, 9.17) is 4.74 Å². The van der Waals surface area contributed by atoms with Crippen LogP contribution >= 0.6 is 15.9 Å². The van der Waals surface area contributed by atoms with Crippen molar-refractivity contribution in [3.05, 3.63) is 16.6 Å². The first kappa shape index (κ1) is 10.7. The number of hydrogen-bond acceptors (Lipinski definition) is 3. The molecule has 4 nitrogen and oxygen atoms in total. The van der Waals surface area contributed by atoms with Gasteiger partial charge in [0.25, 0.3) is 0 Å². The number of carbonyl (C=O) groups excluding carboxylic acids is 1. The molecule has 82 valence electrons. The van der Waals surface area contributed by atoms with E-state index < -0.39 is 0 Å². The summed E-state index contributed by atoms with van der Waals surface area (Å²) in [6.45, 7) is 2.17. The average molecular weight is 273 g/mol. The lowest BCUT2D eigenvalue weighted by Crippen LogP contribution is -2.16. The van der Waals surface area contributed by atoms with Gasteiger partial charge in [0.1, 0.15) is 0 Å². The Balaban J connectivity index is 2.16. The molecule has 1 aliphatic carbocycles. The van der Waals surface area contributed by atoms with Crippen LogP contribution in [-0.4, -0.2) is 22.1 Å². The van der Waals surface area contributed by atoms with Gasteiger partial charge in [-0.05, 0) is 42.1 Å². The Kier molecular flexibility index (Phi) is 3.09. The molecule has 1 aromatic heterocycles. The molecule has 0 atom stereocenters. The fourth-order valence-electron chi connectivity index (χ4n) is 1.60. The van der Waals surface area contributed by atoms with Crippen molar-refractivity contribution in [1.82, 2.24) is 9.55 Å². The number of nitrogens with zero attached hydrogens (tertiary/aromatic N) is 2. The van der Waals surface area contributed by atoms with Crippen LogP contribution in [0.15, 0.2) is 10.9 Å². The highest BCUT2D eigenvalue weighted by molar-refractivity contribution is 9.10. The van der Waals surface area contributed by atoms with E-state index in [1.807, 2.05) is 4.57 Å². The molecule has 1 saturated carbocycles. The summed E-state index contributed by atoms with van der Waals surface area (Å²) in [4.78, 5) is 15.6. The van der Waals surface area contributed by atoms with Crippen LogP contribution in [0.2, 0.25) is 0 Å². The van der Waals surface area contributed by atoms with Crippen molar-refractivity contribution in [3.63, 3.8) is 0 Å². The first-order valence-electron chi connectivity index (χ1n) is 5.14. The van der Waals surface area contributed by atoms with Gasteiger partial charge in [-0.1, -0.05) is 0 Å². The molecular formula is C10H13BrN2O2. The van der Waals surface area contributed by atoms with E-state index in [1.54, 1.807) is 13.1 Å². The zero-order valence-corrected chi connectivity index (χ0v) is 10.2. The molecule has 0 bridgehead atoms. The monoisotopic (exact) mass is 272 g/mol. The molecule has 0 aliphatic heterocycles. The van der Waals surface area contributed by atoms with Gasteiger partial charge in [0.05, 0.1) is 6.61 Å². The van der Waals surface area contributed by atoms with Crippen LogP contribution < -0.4 is 0 Å². The van der Waals surface area contributed by atoms with Gasteiger partial charge in [0, 0.05) is 12.2 Å². The van der Waals surface area contributed by atoms with E-state index in [9.17, 15) is 4.79 Å². The number of ether oxygens (including phenoxy) is 1. The molecule has 0 radical (unpaired) electrons. The summed E-state index contributed by atoms with van der Waals surface area (Å²) in [7, 11) is 0. The molecule has 1 fully saturated rings. The van der Waals surface area contributed by atoms with Crippen LogP contribution in [0.4, 0.5) is 0 Å². The molecule has 0 unspecified atom stereocenters. The molecule has 0 N–H and O–H groups in total. The first-order chi connectivity index (χ1) is 7.22. The lowest BCUT2D eigenvalue weighted by molar-refractivity contribution is 0.0520. The quantitative estimate of drug-likeness (QED) is 0.795. The fraction of sp³-hybridized carbons (Fsp3) is 0.600. The second kappa shape index (κ2) is 4.35. The van der Waals surface area contributed by atoms with Gasteiger partial charge in [-0.25, -0.2) is 9.78 Å². The first-order valence-corrected chi connectivity index (χ1v) is 5.93. The molecule has 1 aromatic rings. The third-order valence-corrected chi connectivity index (χ3v) is 3.23. The summed E-state index contributed by atoms with van der Waals surface area (Å²) in [6.07, 6.45) is 5.35. The van der Waals surface area contributed by atoms with Crippen LogP contribution in [0.25, 0.3) is 0 Å². The SMILES string of the molecule is CCOC(=O)c1cn(C2CCC2)c(Br)n1. The molecule has 5 heteroatoms. The van der Waals surface area contributed by atoms with Crippen molar-refractivity contribution in [3.8, 4) is 0 Å². The summed E-state index contributed by atoms with van der Waals surface area (Å²) in [5, 5.41) is 0. The lowest BCUT2D eigenvalue weighted by atomic mass is 9.93. The topological polar surface area (TPSA) is 44.1 Å². The van der Waals surface area contributed by atoms with Crippen LogP contribution in [0.1, 0.15) is 42.7 Å². The van der Waals surface area contributed by atoms with E-state index >= 15 is 0 Å². The number of halogens is 1. The van der Waals surface area contributed by atoms with Gasteiger partial charge in [-0.3, -0.25) is 0 Å². The molecule has 0 amide bonds. The summed E-state index contributed by atoms with van der Waals surface area (Å²) in [6, 6.07) is 0.495. The number of hydrogen-bond donors (Lipinski definition) is 0. The third-order valence-electron chi connectivity index (χ3n) is 2.64. The van der Waals surface area contributed by atoms with Crippen LogP contribution in [0.5, 0.6) is 0 Å². The van der Waals surface area contributed by atoms with E-state index in [0.717, 1.165) is 17.6 Å². The summed E-state index contributed by atoms with van der Waals surface area (Å²) in [5.41, 5.74) is 0.385. The Labute approximate surface area is 96.8 Å². The van der Waals surface area contributed by atoms with Crippen molar-refractivity contribution in [2.75, 3.05) is 6.61 Å². The average Bonchev–Trinajstić information content (AvgIpc) is 2.46. The molecule has 1 heterocycles. The van der Waals surface area contributed by atoms with E-state index in [1.165, 1.54) is 6.42 Å². The summed E-state index contributed by atoms with van der Waals surface area (Å²) >= 11 is 3.36. The van der Waals surface area contributed by atoms with E-state index in [2.05, 4.69) is 20.9 Å². The highest BCUT2D eigenvalue weighted by Gasteiger charge is 2.23. The number of rotatable bonds is 3. The van der Waals surface area contributed by atoms with E-state index in [0.29, 0.717) is 18.3 Å². The van der Waals surface area contributed by atoms with Gasteiger partial charge >= 0.3 is 5.97 Å². The number of esters is 1. The zero-order chi connectivity index (χ0) is 10.8. The fourth-order valence-corrected chi connectivity index (χ4v) is 2.18. The predicted octanol–water partition coefficient (Wildman–Crippen LogP) is 2.55. The second-order valence-corrected chi connectivity index (χ2v) is 4.32. The van der Waals surface area contributed by atoms with Crippen molar-refractivity contribution >= 4 is 21.9 Å². The molecule has 0 saturated heterocycles. The maximum absolute atomic E-state index is 11.4. The van der Waals surface area contributed by atoms with Gasteiger partial charge < -0.3 is 9.30 Å². The Morgan fingerprint density at radius 2 is 2.47 bits per heavy atom. The van der Waals surface area contributed by atoms with Crippen molar-refractivity contribution in [1.29, 1.82) is 0 Å². The molecule has 15 heavy (non-hydrogen) atoms. The lowest BCUT2D eigenvalue weighted by Gasteiger charge is -2.27. The smallest absolute Gasteiger partial charge is 0.358 e. The number of carbonyl (C=O) groups is 1. The molecule has 2 rings (SSSR count). The Morgan fingerprint density at radius 1 is 1.73 bits per heavy atom. The van der Waals surface area contributed by atoms with Crippen molar-refractivity contribution in [2.24, 2.45) is 0 Å². The Bertz CT molecular complexity index is 371. The van der Waals surface area contributed by atoms with Gasteiger partial charge in [-0.15, -0.1) is 0 Å². The predicted molar refractivity (Wildman–Crippen MR) is 58.8 cm³/mol. The van der Waals surface area contributed by atoms with Crippen LogP contribution in [0.3, 0.4) is 0 Å². The third kappa shape index (κ3) is 2.07. The van der Waals surface area contributed by atoms with Gasteiger partial charge in [0.2, 0.25) is 0 Å². The van der Waals surface area contributed by atoms with Crippen LogP contribution in [0, 0.1) is 0 Å². The minimum atomic E-state index is -0.351. The second-order valence-electron chi connectivity index (χ2n) is 3.61. The molecular weight excluding hydrogens is 260 g/mol. The van der Waals surface area contributed by atoms with Crippen LogP contribution in [-0.2, 0) is 4.74 Å². The maximum Gasteiger partial charge on any atom is 0.358 e. The highest BCUT2D eigenvalue weighted by atomic mass is 79.9. The maximum atomic E-state index is 11.4. The standard InChI is InChI=1S/C10H13BrN2O2/c1-2-15-9(14)8-6-13(10(11)12-8)7-4-3-5-7/h6-7H,2-5H2,1H3. The van der Waals surface area contributed by atoms with Gasteiger partial charge in [0.15, 0.2) is 10.4 Å². The minimum Gasteiger partial charge on any atom is -0.461 e. The Morgan fingerprint density at radius 3 is 3.00 bits per heavy atom. The van der Waals surface area contributed by atoms with Crippen molar-refractivity contribution in [2.45, 2.75) is 32.2 Å². The number of imidazole rings is 1. The molecule has 0 aromatic carbocycles. The zero-order valence-electron chi connectivity index (χ0n) is 8.57. The Hall–Kier alpha value is -0.840. The van der Waals surface area contributed by atoms with Gasteiger partial charge in [-0.2, -0.15) is 0 Å². The molecule has 0 spiro atoms. The normalized spacial score (nSPS) is 16.1. The summed E-state index contributed by atoms with van der Waals surface area (Å²) in [5.74, 6) is -0.351. The number of aromatic nitrogens is 2. The highest BCUT2D eigenvalue weighted by Crippen LogP contribution is 2.34. The molecule has 1 aliphatic rings.